The minimum atomic E-state index is -0.368. The largest absolute Gasteiger partial charge is 0.419 e. The van der Waals surface area contributed by atoms with Gasteiger partial charge in [0.15, 0.2) is 5.58 Å². The molecule has 0 aliphatic carbocycles. The molecule has 20 heavy (non-hydrogen) atoms. The lowest BCUT2D eigenvalue weighted by molar-refractivity contribution is 0.528. The van der Waals surface area contributed by atoms with Crippen LogP contribution in [0.25, 0.3) is 11.1 Å². The number of rotatable bonds is 2. The number of aryl methyl sites for hydroxylation is 2. The predicted octanol–water partition coefficient (Wildman–Crippen LogP) is 2.77. The molecule has 0 saturated carbocycles. The number of benzene rings is 2. The van der Waals surface area contributed by atoms with Crippen molar-refractivity contribution in [2.75, 3.05) is 11.1 Å². The van der Waals surface area contributed by atoms with Crippen LogP contribution in [0.4, 0.5) is 17.1 Å². The van der Waals surface area contributed by atoms with Crippen molar-refractivity contribution in [1.82, 2.24) is 4.57 Å². The number of para-hydroxylation sites is 1. The topological polar surface area (TPSA) is 73.2 Å². The molecule has 0 amide bonds. The Morgan fingerprint density at radius 2 is 2.05 bits per heavy atom. The summed E-state index contributed by atoms with van der Waals surface area (Å²) in [5.74, 6) is -0.368. The van der Waals surface area contributed by atoms with Crippen molar-refractivity contribution in [3.63, 3.8) is 0 Å². The number of hydrogen-bond donors (Lipinski definition) is 2. The maximum absolute atomic E-state index is 11.5. The third kappa shape index (κ3) is 1.93. The van der Waals surface area contributed by atoms with E-state index in [0.717, 1.165) is 22.5 Å². The summed E-state index contributed by atoms with van der Waals surface area (Å²) < 4.78 is 6.65. The molecule has 3 aromatic rings. The summed E-state index contributed by atoms with van der Waals surface area (Å²) >= 11 is 0. The molecule has 0 atom stereocenters. The van der Waals surface area contributed by atoms with Gasteiger partial charge in [-0.15, -0.1) is 0 Å². The Bertz CT molecular complexity index is 826. The Morgan fingerprint density at radius 3 is 2.80 bits per heavy atom. The van der Waals surface area contributed by atoms with E-state index in [1.807, 2.05) is 37.3 Å². The summed E-state index contributed by atoms with van der Waals surface area (Å²) in [6, 6.07) is 11.3. The van der Waals surface area contributed by atoms with Gasteiger partial charge in [-0.05, 0) is 30.7 Å². The van der Waals surface area contributed by atoms with E-state index < -0.39 is 0 Å². The Morgan fingerprint density at radius 1 is 1.25 bits per heavy atom. The first-order chi connectivity index (χ1) is 9.56. The zero-order valence-corrected chi connectivity index (χ0v) is 11.3. The average Bonchev–Trinajstić information content (AvgIpc) is 2.69. The Kier molecular flexibility index (Phi) is 2.75. The highest BCUT2D eigenvalue weighted by Crippen LogP contribution is 2.28. The summed E-state index contributed by atoms with van der Waals surface area (Å²) in [7, 11) is 1.68. The quantitative estimate of drug-likeness (QED) is 0.702. The smallest absolute Gasteiger partial charge is 0.408 e. The molecule has 0 bridgehead atoms. The van der Waals surface area contributed by atoms with E-state index in [1.165, 1.54) is 4.57 Å². The van der Waals surface area contributed by atoms with Crippen molar-refractivity contribution in [3.05, 3.63) is 52.5 Å². The first-order valence-electron chi connectivity index (χ1n) is 6.28. The van der Waals surface area contributed by atoms with Crippen molar-refractivity contribution in [1.29, 1.82) is 0 Å². The van der Waals surface area contributed by atoms with Gasteiger partial charge in [0, 0.05) is 18.8 Å². The molecule has 0 fully saturated rings. The van der Waals surface area contributed by atoms with Crippen molar-refractivity contribution >= 4 is 28.2 Å². The first-order valence-corrected chi connectivity index (χ1v) is 6.28. The standard InChI is InChI=1S/C15H15N3O2/c1-9-4-3-5-11(16)14(9)17-10-6-7-12-13(8-10)20-15(19)18(12)2/h3-8,17H,16H2,1-2H3. The number of fused-ring (bicyclic) bond motifs is 1. The van der Waals surface area contributed by atoms with E-state index >= 15 is 0 Å². The predicted molar refractivity (Wildman–Crippen MR) is 80.3 cm³/mol. The third-order valence-electron chi connectivity index (χ3n) is 3.37. The summed E-state index contributed by atoms with van der Waals surface area (Å²) in [4.78, 5) is 11.5. The highest BCUT2D eigenvalue weighted by atomic mass is 16.4. The van der Waals surface area contributed by atoms with Gasteiger partial charge in [0.2, 0.25) is 0 Å². The highest BCUT2D eigenvalue weighted by Gasteiger charge is 2.08. The normalized spacial score (nSPS) is 10.9. The molecule has 3 N–H and O–H groups in total. The number of hydrogen-bond acceptors (Lipinski definition) is 4. The van der Waals surface area contributed by atoms with Gasteiger partial charge in [0.05, 0.1) is 16.9 Å². The van der Waals surface area contributed by atoms with Gasteiger partial charge in [-0.3, -0.25) is 4.57 Å². The van der Waals surface area contributed by atoms with Crippen LogP contribution in [0, 0.1) is 6.92 Å². The van der Waals surface area contributed by atoms with Crippen molar-refractivity contribution < 1.29 is 4.42 Å². The maximum atomic E-state index is 11.5. The molecule has 2 aromatic carbocycles. The molecule has 1 aromatic heterocycles. The van der Waals surface area contributed by atoms with E-state index in [4.69, 9.17) is 10.2 Å². The van der Waals surface area contributed by atoms with Gasteiger partial charge in [-0.25, -0.2) is 4.79 Å². The fourth-order valence-corrected chi connectivity index (χ4v) is 2.22. The lowest BCUT2D eigenvalue weighted by Crippen LogP contribution is -2.08. The lowest BCUT2D eigenvalue weighted by atomic mass is 10.1. The zero-order chi connectivity index (χ0) is 14.3. The summed E-state index contributed by atoms with van der Waals surface area (Å²) in [6.45, 7) is 1.99. The maximum Gasteiger partial charge on any atom is 0.419 e. The van der Waals surface area contributed by atoms with Gasteiger partial charge in [0.25, 0.3) is 0 Å². The second-order valence-electron chi connectivity index (χ2n) is 4.77. The SMILES string of the molecule is Cc1cccc(N)c1Nc1ccc2c(c1)oc(=O)n2C. The van der Waals surface area contributed by atoms with Gasteiger partial charge < -0.3 is 15.5 Å². The minimum Gasteiger partial charge on any atom is -0.408 e. The number of oxazole rings is 1. The molecule has 0 radical (unpaired) electrons. The summed E-state index contributed by atoms with van der Waals surface area (Å²) in [6.07, 6.45) is 0. The van der Waals surface area contributed by atoms with Crippen molar-refractivity contribution in [2.45, 2.75) is 6.92 Å². The van der Waals surface area contributed by atoms with E-state index in [1.54, 1.807) is 13.1 Å². The van der Waals surface area contributed by atoms with Crippen LogP contribution in [-0.2, 0) is 7.05 Å². The molecule has 5 nitrogen and oxygen atoms in total. The monoisotopic (exact) mass is 269 g/mol. The molecule has 1 heterocycles. The van der Waals surface area contributed by atoms with Crippen LogP contribution >= 0.6 is 0 Å². The van der Waals surface area contributed by atoms with Crippen molar-refractivity contribution in [2.24, 2.45) is 7.05 Å². The molecule has 0 unspecified atom stereocenters. The van der Waals surface area contributed by atoms with E-state index in [2.05, 4.69) is 5.32 Å². The van der Waals surface area contributed by atoms with Crippen LogP contribution in [0.1, 0.15) is 5.56 Å². The number of nitrogens with two attached hydrogens (primary N) is 1. The number of nitrogens with one attached hydrogen (secondary N) is 1. The lowest BCUT2D eigenvalue weighted by Gasteiger charge is -2.12. The Hall–Kier alpha value is -2.69. The molecule has 5 heteroatoms. The molecular weight excluding hydrogens is 254 g/mol. The fourth-order valence-electron chi connectivity index (χ4n) is 2.22. The number of nitrogen functional groups attached to an aromatic ring is 1. The van der Waals surface area contributed by atoms with Gasteiger partial charge in [-0.2, -0.15) is 0 Å². The summed E-state index contributed by atoms with van der Waals surface area (Å²) in [5.41, 5.74) is 10.7. The molecule has 0 saturated heterocycles. The fraction of sp³-hybridized carbons (Fsp3) is 0.133. The van der Waals surface area contributed by atoms with E-state index in [0.29, 0.717) is 11.3 Å². The second-order valence-corrected chi connectivity index (χ2v) is 4.77. The molecule has 0 aliphatic heterocycles. The molecule has 3 rings (SSSR count). The van der Waals surface area contributed by atoms with E-state index in [-0.39, 0.29) is 5.76 Å². The number of nitrogens with zero attached hydrogens (tertiary/aromatic N) is 1. The third-order valence-corrected chi connectivity index (χ3v) is 3.37. The van der Waals surface area contributed by atoms with E-state index in [9.17, 15) is 4.79 Å². The number of aromatic nitrogens is 1. The molecular formula is C15H15N3O2. The molecule has 0 aliphatic rings. The summed E-state index contributed by atoms with van der Waals surface area (Å²) in [5, 5.41) is 3.27. The Labute approximate surface area is 115 Å². The first kappa shape index (κ1) is 12.3. The van der Waals surface area contributed by atoms with Crippen LogP contribution < -0.4 is 16.8 Å². The zero-order valence-electron chi connectivity index (χ0n) is 11.3. The van der Waals surface area contributed by atoms with Gasteiger partial charge in [0.1, 0.15) is 0 Å². The molecule has 102 valence electrons. The van der Waals surface area contributed by atoms with Crippen LogP contribution in [0.5, 0.6) is 0 Å². The van der Waals surface area contributed by atoms with Gasteiger partial charge >= 0.3 is 5.76 Å². The molecule has 0 spiro atoms. The van der Waals surface area contributed by atoms with Crippen LogP contribution in [0.3, 0.4) is 0 Å². The van der Waals surface area contributed by atoms with Gasteiger partial charge in [-0.1, -0.05) is 12.1 Å². The highest BCUT2D eigenvalue weighted by molar-refractivity contribution is 5.82. The van der Waals surface area contributed by atoms with Crippen LogP contribution in [0.15, 0.2) is 45.6 Å². The van der Waals surface area contributed by atoms with Crippen LogP contribution in [0.2, 0.25) is 0 Å². The van der Waals surface area contributed by atoms with Crippen molar-refractivity contribution in [3.8, 4) is 0 Å². The Balaban J connectivity index is 2.05. The number of anilines is 3. The van der Waals surface area contributed by atoms with Crippen LogP contribution in [-0.4, -0.2) is 4.57 Å². The minimum absolute atomic E-state index is 0.368. The second kappa shape index (κ2) is 4.45. The average molecular weight is 269 g/mol.